The first-order valence-corrected chi connectivity index (χ1v) is 13.1. The summed E-state index contributed by atoms with van der Waals surface area (Å²) in [5, 5.41) is 7.17. The van der Waals surface area contributed by atoms with Crippen molar-refractivity contribution in [3.05, 3.63) is 63.5 Å². The molecule has 0 spiro atoms. The Kier molecular flexibility index (Phi) is 6.17. The van der Waals surface area contributed by atoms with E-state index in [9.17, 15) is 9.59 Å². The third-order valence-electron chi connectivity index (χ3n) is 7.18. The molecule has 1 aliphatic heterocycles. The molecule has 1 aromatic heterocycles. The highest BCUT2D eigenvalue weighted by Gasteiger charge is 2.48. The van der Waals surface area contributed by atoms with Gasteiger partial charge in [0, 0.05) is 29.2 Å². The molecule has 2 aromatic carbocycles. The van der Waals surface area contributed by atoms with Crippen LogP contribution in [0.2, 0.25) is 0 Å². The van der Waals surface area contributed by atoms with E-state index in [4.69, 9.17) is 17.2 Å². The lowest BCUT2D eigenvalue weighted by atomic mass is 9.70. The van der Waals surface area contributed by atoms with Crippen molar-refractivity contribution in [1.29, 1.82) is 0 Å². The fourth-order valence-electron chi connectivity index (χ4n) is 5.49. The Hall–Kier alpha value is -2.78. The summed E-state index contributed by atoms with van der Waals surface area (Å²) in [7, 11) is 0. The molecular formula is C27H33N5O2S. The molecule has 7 nitrogen and oxygen atoms in total. The van der Waals surface area contributed by atoms with Gasteiger partial charge in [-0.05, 0) is 54.5 Å². The number of nitrogen functional groups attached to an aromatic ring is 1. The Bertz CT molecular complexity index is 1310. The lowest BCUT2D eigenvalue weighted by molar-refractivity contribution is -0.124. The monoisotopic (exact) mass is 491 g/mol. The van der Waals surface area contributed by atoms with Crippen LogP contribution < -0.4 is 27.8 Å². The molecule has 8 N–H and O–H groups in total. The van der Waals surface area contributed by atoms with Gasteiger partial charge in [-0.3, -0.25) is 9.59 Å². The van der Waals surface area contributed by atoms with Crippen LogP contribution in [-0.2, 0) is 16.8 Å². The third-order valence-corrected chi connectivity index (χ3v) is 8.43. The number of nitrogens with two attached hydrogens (primary N) is 3. The molecule has 1 aliphatic carbocycles. The molecule has 0 radical (unpaired) electrons. The van der Waals surface area contributed by atoms with Crippen LogP contribution in [0.4, 0.5) is 5.69 Å². The number of rotatable bonds is 5. The van der Waals surface area contributed by atoms with Gasteiger partial charge in [0.15, 0.2) is 5.78 Å². The second kappa shape index (κ2) is 9.02. The second-order valence-corrected chi connectivity index (χ2v) is 11.2. The van der Waals surface area contributed by atoms with Crippen molar-refractivity contribution >= 4 is 38.8 Å². The van der Waals surface area contributed by atoms with Gasteiger partial charge in [-0.1, -0.05) is 44.2 Å². The number of hydrogen-bond donors (Lipinski definition) is 5. The Balaban J connectivity index is 1.66. The summed E-state index contributed by atoms with van der Waals surface area (Å²) in [6.45, 7) is 5.99. The number of thiophene rings is 1. The number of anilines is 1. The molecule has 8 heteroatoms. The van der Waals surface area contributed by atoms with Crippen molar-refractivity contribution in [3.63, 3.8) is 0 Å². The van der Waals surface area contributed by atoms with Gasteiger partial charge in [0.05, 0.1) is 15.6 Å². The molecule has 1 saturated heterocycles. The summed E-state index contributed by atoms with van der Waals surface area (Å²) < 4.78 is 0.750. The van der Waals surface area contributed by atoms with Crippen LogP contribution in [0.15, 0.2) is 36.4 Å². The highest BCUT2D eigenvalue weighted by atomic mass is 32.1. The standard InChI is InChI=1S/C27H33N5O2S/c1-14(2)11-15-5-3-6-16(12-15)27(30)18-8-9-19(28)23-20(18)21(22(29)25(27)33)24(35-23)26(34)32-17-7-4-10-31-13-17/h3,5-6,8-9,12,14,17,22,31H,4,7,10-11,13,28-30H2,1-2H3,(H,32,34). The Morgan fingerprint density at radius 1 is 1.29 bits per heavy atom. The first kappa shape index (κ1) is 23.9. The maximum Gasteiger partial charge on any atom is 0.262 e. The molecular weight excluding hydrogens is 458 g/mol. The van der Waals surface area contributed by atoms with E-state index in [1.165, 1.54) is 11.3 Å². The van der Waals surface area contributed by atoms with Crippen molar-refractivity contribution in [2.45, 2.75) is 50.7 Å². The number of nitrogens with one attached hydrogen (secondary N) is 2. The number of ketones is 1. The lowest BCUT2D eigenvalue weighted by Gasteiger charge is -2.37. The van der Waals surface area contributed by atoms with E-state index in [0.717, 1.165) is 48.0 Å². The number of hydrogen-bond acceptors (Lipinski definition) is 7. The Labute approximate surface area is 209 Å². The number of carbonyl (C=O) groups is 2. The fourth-order valence-corrected chi connectivity index (χ4v) is 6.69. The van der Waals surface area contributed by atoms with Gasteiger partial charge < -0.3 is 27.8 Å². The van der Waals surface area contributed by atoms with Crippen LogP contribution >= 0.6 is 11.3 Å². The maximum atomic E-state index is 13.9. The smallest absolute Gasteiger partial charge is 0.262 e. The van der Waals surface area contributed by atoms with Crippen LogP contribution in [0.25, 0.3) is 10.1 Å². The summed E-state index contributed by atoms with van der Waals surface area (Å²) >= 11 is 1.29. The predicted molar refractivity (Wildman–Crippen MR) is 141 cm³/mol. The van der Waals surface area contributed by atoms with E-state index >= 15 is 0 Å². The van der Waals surface area contributed by atoms with Crippen molar-refractivity contribution in [2.75, 3.05) is 18.8 Å². The van der Waals surface area contributed by atoms with Crippen molar-refractivity contribution < 1.29 is 9.59 Å². The molecule has 1 fully saturated rings. The van der Waals surface area contributed by atoms with Crippen molar-refractivity contribution in [3.8, 4) is 0 Å². The number of carbonyl (C=O) groups excluding carboxylic acids is 2. The quantitative estimate of drug-likeness (QED) is 0.348. The zero-order valence-corrected chi connectivity index (χ0v) is 21.0. The molecule has 2 heterocycles. The van der Waals surface area contributed by atoms with Crippen LogP contribution in [-0.4, -0.2) is 30.8 Å². The summed E-state index contributed by atoms with van der Waals surface area (Å²) in [6, 6.07) is 10.5. The highest BCUT2D eigenvalue weighted by molar-refractivity contribution is 7.21. The highest BCUT2D eigenvalue weighted by Crippen LogP contribution is 2.49. The average Bonchev–Trinajstić information content (AvgIpc) is 3.24. The minimum absolute atomic E-state index is 0.0401. The van der Waals surface area contributed by atoms with E-state index in [1.807, 2.05) is 24.3 Å². The normalized spacial score (nSPS) is 24.2. The molecule has 3 atom stereocenters. The lowest BCUT2D eigenvalue weighted by Crippen LogP contribution is -2.52. The van der Waals surface area contributed by atoms with E-state index < -0.39 is 11.6 Å². The molecule has 35 heavy (non-hydrogen) atoms. The minimum atomic E-state index is -1.42. The fraction of sp³-hybridized carbons (Fsp3) is 0.407. The van der Waals surface area contributed by atoms with E-state index in [-0.39, 0.29) is 17.7 Å². The van der Waals surface area contributed by atoms with Gasteiger partial charge in [-0.2, -0.15) is 0 Å². The second-order valence-electron chi connectivity index (χ2n) is 10.2. The third kappa shape index (κ3) is 3.94. The van der Waals surface area contributed by atoms with Gasteiger partial charge in [-0.15, -0.1) is 11.3 Å². The van der Waals surface area contributed by atoms with Gasteiger partial charge in [-0.25, -0.2) is 0 Å². The largest absolute Gasteiger partial charge is 0.398 e. The number of benzene rings is 2. The SMILES string of the molecule is CC(C)Cc1cccc(C2(N)C(=O)C(N)c3c(C(=O)NC4CCCNC4)sc4c(N)ccc2c34)c1. The molecule has 1 amide bonds. The van der Waals surface area contributed by atoms with Gasteiger partial charge in [0.25, 0.3) is 5.91 Å². The molecule has 2 aliphatic rings. The average molecular weight is 492 g/mol. The first-order chi connectivity index (χ1) is 16.7. The summed E-state index contributed by atoms with van der Waals surface area (Å²) in [4.78, 5) is 27.7. The zero-order valence-electron chi connectivity index (χ0n) is 20.2. The van der Waals surface area contributed by atoms with E-state index in [0.29, 0.717) is 33.2 Å². The van der Waals surface area contributed by atoms with Gasteiger partial charge >= 0.3 is 0 Å². The maximum absolute atomic E-state index is 13.9. The Morgan fingerprint density at radius 2 is 2.09 bits per heavy atom. The number of amides is 1. The molecule has 3 unspecified atom stereocenters. The van der Waals surface area contributed by atoms with Crippen molar-refractivity contribution in [2.24, 2.45) is 17.4 Å². The molecule has 5 rings (SSSR count). The van der Waals surface area contributed by atoms with Crippen LogP contribution in [0.1, 0.15) is 64.7 Å². The number of piperidine rings is 1. The van der Waals surface area contributed by atoms with E-state index in [1.54, 1.807) is 6.07 Å². The first-order valence-electron chi connectivity index (χ1n) is 12.3. The van der Waals surface area contributed by atoms with E-state index in [2.05, 4.69) is 30.5 Å². The van der Waals surface area contributed by atoms with Gasteiger partial charge in [0.1, 0.15) is 5.54 Å². The topological polar surface area (TPSA) is 136 Å². The molecule has 0 saturated carbocycles. The molecule has 184 valence electrons. The Morgan fingerprint density at radius 3 is 2.80 bits per heavy atom. The van der Waals surface area contributed by atoms with Crippen molar-refractivity contribution in [1.82, 2.24) is 10.6 Å². The zero-order chi connectivity index (χ0) is 24.9. The predicted octanol–water partition coefficient (Wildman–Crippen LogP) is 2.95. The summed E-state index contributed by atoms with van der Waals surface area (Å²) in [6.07, 6.45) is 2.80. The minimum Gasteiger partial charge on any atom is -0.398 e. The summed E-state index contributed by atoms with van der Waals surface area (Å²) in [5.74, 6) is -0.0630. The summed E-state index contributed by atoms with van der Waals surface area (Å²) in [5.41, 5.74) is 22.1. The van der Waals surface area contributed by atoms with Crippen LogP contribution in [0, 0.1) is 5.92 Å². The molecule has 0 bridgehead atoms. The van der Waals surface area contributed by atoms with Crippen LogP contribution in [0.3, 0.4) is 0 Å². The van der Waals surface area contributed by atoms with Crippen LogP contribution in [0.5, 0.6) is 0 Å². The number of Topliss-reactive ketones (excluding diaryl/α,β-unsaturated/α-hetero) is 1. The molecule has 3 aromatic rings. The van der Waals surface area contributed by atoms with Gasteiger partial charge in [0.2, 0.25) is 0 Å².